The van der Waals surface area contributed by atoms with E-state index in [0.29, 0.717) is 19.1 Å². The summed E-state index contributed by atoms with van der Waals surface area (Å²) in [5, 5.41) is 0. The lowest BCUT2D eigenvalue weighted by Crippen LogP contribution is -2.25. The molecular weight excluding hydrogens is 216 g/mol. The molecule has 0 N–H and O–H groups in total. The molecule has 100 valence electrons. The molecule has 1 saturated carbocycles. The van der Waals surface area contributed by atoms with E-state index in [9.17, 15) is 4.79 Å². The van der Waals surface area contributed by atoms with Crippen LogP contribution in [-0.2, 0) is 14.3 Å². The summed E-state index contributed by atoms with van der Waals surface area (Å²) in [6.45, 7) is 6.16. The van der Waals surface area contributed by atoms with E-state index in [1.165, 1.54) is 25.7 Å². The number of esters is 1. The molecule has 0 aliphatic heterocycles. The quantitative estimate of drug-likeness (QED) is 0.559. The van der Waals surface area contributed by atoms with E-state index in [2.05, 4.69) is 0 Å². The highest BCUT2D eigenvalue weighted by molar-refractivity contribution is 5.69. The van der Waals surface area contributed by atoms with Crippen molar-refractivity contribution >= 4 is 5.97 Å². The van der Waals surface area contributed by atoms with Crippen molar-refractivity contribution in [3.05, 3.63) is 0 Å². The first-order valence-electron chi connectivity index (χ1n) is 6.81. The molecule has 0 aromatic carbocycles. The van der Waals surface area contributed by atoms with E-state index in [1.807, 2.05) is 20.8 Å². The summed E-state index contributed by atoms with van der Waals surface area (Å²) in [4.78, 5) is 11.5. The minimum Gasteiger partial charge on any atom is -0.460 e. The largest absolute Gasteiger partial charge is 0.460 e. The van der Waals surface area contributed by atoms with Crippen LogP contribution in [0.15, 0.2) is 0 Å². The average Bonchev–Trinajstić information content (AvgIpc) is 2.43. The highest BCUT2D eigenvalue weighted by Gasteiger charge is 2.17. The Morgan fingerprint density at radius 3 is 2.24 bits per heavy atom. The van der Waals surface area contributed by atoms with Crippen LogP contribution in [0.25, 0.3) is 0 Å². The first-order chi connectivity index (χ1) is 7.97. The number of rotatable bonds is 4. The third-order valence-electron chi connectivity index (χ3n) is 2.88. The zero-order valence-electron chi connectivity index (χ0n) is 11.5. The van der Waals surface area contributed by atoms with Gasteiger partial charge < -0.3 is 9.47 Å². The number of hydrogen-bond donors (Lipinski definition) is 0. The minimum atomic E-state index is -0.389. The maximum Gasteiger partial charge on any atom is 0.308 e. The van der Waals surface area contributed by atoms with E-state index < -0.39 is 0 Å². The van der Waals surface area contributed by atoms with Crippen LogP contribution in [-0.4, -0.2) is 24.3 Å². The Bertz CT molecular complexity index is 222. The molecule has 1 aliphatic rings. The van der Waals surface area contributed by atoms with Crippen LogP contribution < -0.4 is 0 Å². The topological polar surface area (TPSA) is 35.5 Å². The van der Waals surface area contributed by atoms with E-state index in [4.69, 9.17) is 9.47 Å². The van der Waals surface area contributed by atoms with Gasteiger partial charge in [0, 0.05) is 0 Å². The van der Waals surface area contributed by atoms with Crippen LogP contribution in [0, 0.1) is 0 Å². The molecule has 0 atom stereocenters. The summed E-state index contributed by atoms with van der Waals surface area (Å²) in [6.07, 6.45) is 8.20. The summed E-state index contributed by atoms with van der Waals surface area (Å²) in [7, 11) is 0. The Labute approximate surface area is 105 Å². The molecule has 0 spiro atoms. The molecule has 1 rings (SSSR count). The Kier molecular flexibility index (Phi) is 5.96. The van der Waals surface area contributed by atoms with E-state index in [0.717, 1.165) is 12.8 Å². The van der Waals surface area contributed by atoms with Crippen molar-refractivity contribution in [1.29, 1.82) is 0 Å². The zero-order chi connectivity index (χ0) is 12.7. The van der Waals surface area contributed by atoms with Gasteiger partial charge in [-0.3, -0.25) is 4.79 Å². The van der Waals surface area contributed by atoms with Gasteiger partial charge in [0.05, 0.1) is 19.1 Å². The van der Waals surface area contributed by atoms with Gasteiger partial charge >= 0.3 is 5.97 Å². The molecule has 1 aliphatic carbocycles. The SMILES string of the molecule is CC(C)(C)OC(=O)CCOC1CCCCCC1. The maximum absolute atomic E-state index is 11.5. The normalized spacial score (nSPS) is 18.8. The number of carbonyl (C=O) groups excluding carboxylic acids is 1. The molecule has 0 heterocycles. The predicted octanol–water partition coefficient (Wildman–Crippen LogP) is 3.46. The molecule has 0 radical (unpaired) electrons. The fraction of sp³-hybridized carbons (Fsp3) is 0.929. The van der Waals surface area contributed by atoms with Crippen LogP contribution in [0.2, 0.25) is 0 Å². The van der Waals surface area contributed by atoms with Crippen molar-refractivity contribution in [2.75, 3.05) is 6.61 Å². The Balaban J connectivity index is 2.12. The van der Waals surface area contributed by atoms with Gasteiger partial charge in [-0.25, -0.2) is 0 Å². The fourth-order valence-corrected chi connectivity index (χ4v) is 2.11. The standard InChI is InChI=1S/C14H26O3/c1-14(2,3)17-13(15)10-11-16-12-8-6-4-5-7-9-12/h12H,4-11H2,1-3H3. The lowest BCUT2D eigenvalue weighted by Gasteiger charge is -2.20. The van der Waals surface area contributed by atoms with Gasteiger partial charge in [-0.1, -0.05) is 25.7 Å². The van der Waals surface area contributed by atoms with Crippen molar-refractivity contribution < 1.29 is 14.3 Å². The van der Waals surface area contributed by atoms with Crippen molar-refractivity contribution in [2.45, 2.75) is 77.4 Å². The molecule has 0 saturated heterocycles. The molecule has 0 unspecified atom stereocenters. The first-order valence-corrected chi connectivity index (χ1v) is 6.81. The molecule has 1 fully saturated rings. The van der Waals surface area contributed by atoms with Gasteiger partial charge in [0.2, 0.25) is 0 Å². The third kappa shape index (κ3) is 7.37. The summed E-state index contributed by atoms with van der Waals surface area (Å²) in [5.41, 5.74) is -0.389. The second-order valence-corrected chi connectivity index (χ2v) is 5.82. The summed E-state index contributed by atoms with van der Waals surface area (Å²) in [6, 6.07) is 0. The lowest BCUT2D eigenvalue weighted by atomic mass is 10.1. The van der Waals surface area contributed by atoms with E-state index in [-0.39, 0.29) is 11.6 Å². The summed E-state index contributed by atoms with van der Waals surface area (Å²) >= 11 is 0. The Morgan fingerprint density at radius 2 is 1.71 bits per heavy atom. The maximum atomic E-state index is 11.5. The van der Waals surface area contributed by atoms with Crippen LogP contribution in [0.4, 0.5) is 0 Å². The average molecular weight is 242 g/mol. The highest BCUT2D eigenvalue weighted by atomic mass is 16.6. The van der Waals surface area contributed by atoms with Gasteiger partial charge in [-0.05, 0) is 33.6 Å². The van der Waals surface area contributed by atoms with Crippen LogP contribution in [0.1, 0.15) is 65.7 Å². The summed E-state index contributed by atoms with van der Waals surface area (Å²) < 4.78 is 11.0. The predicted molar refractivity (Wildman–Crippen MR) is 67.9 cm³/mol. The molecule has 0 aromatic rings. The van der Waals surface area contributed by atoms with Crippen molar-refractivity contribution in [3.63, 3.8) is 0 Å². The number of carbonyl (C=O) groups is 1. The number of ether oxygens (including phenoxy) is 2. The van der Waals surface area contributed by atoms with Crippen molar-refractivity contribution in [3.8, 4) is 0 Å². The highest BCUT2D eigenvalue weighted by Crippen LogP contribution is 2.20. The minimum absolute atomic E-state index is 0.161. The second kappa shape index (κ2) is 7.00. The molecule has 3 nitrogen and oxygen atoms in total. The molecule has 3 heteroatoms. The molecule has 0 amide bonds. The smallest absolute Gasteiger partial charge is 0.308 e. The van der Waals surface area contributed by atoms with Gasteiger partial charge in [0.1, 0.15) is 5.60 Å². The summed E-state index contributed by atoms with van der Waals surface area (Å²) in [5.74, 6) is -0.161. The van der Waals surface area contributed by atoms with Crippen molar-refractivity contribution in [1.82, 2.24) is 0 Å². The Morgan fingerprint density at radius 1 is 1.12 bits per heavy atom. The van der Waals surface area contributed by atoms with Gasteiger partial charge in [-0.15, -0.1) is 0 Å². The molecule has 0 aromatic heterocycles. The first kappa shape index (κ1) is 14.5. The third-order valence-corrected chi connectivity index (χ3v) is 2.88. The van der Waals surface area contributed by atoms with Gasteiger partial charge in [0.25, 0.3) is 0 Å². The van der Waals surface area contributed by atoms with Crippen LogP contribution >= 0.6 is 0 Å². The number of hydrogen-bond acceptors (Lipinski definition) is 3. The second-order valence-electron chi connectivity index (χ2n) is 5.82. The lowest BCUT2D eigenvalue weighted by molar-refractivity contribution is -0.156. The van der Waals surface area contributed by atoms with Crippen LogP contribution in [0.3, 0.4) is 0 Å². The Hall–Kier alpha value is -0.570. The molecule has 17 heavy (non-hydrogen) atoms. The van der Waals surface area contributed by atoms with Gasteiger partial charge in [-0.2, -0.15) is 0 Å². The van der Waals surface area contributed by atoms with Crippen molar-refractivity contribution in [2.24, 2.45) is 0 Å². The van der Waals surface area contributed by atoms with Gasteiger partial charge in [0.15, 0.2) is 0 Å². The monoisotopic (exact) mass is 242 g/mol. The van der Waals surface area contributed by atoms with Crippen LogP contribution in [0.5, 0.6) is 0 Å². The fourth-order valence-electron chi connectivity index (χ4n) is 2.11. The molecular formula is C14H26O3. The van der Waals surface area contributed by atoms with E-state index in [1.54, 1.807) is 0 Å². The van der Waals surface area contributed by atoms with E-state index >= 15 is 0 Å². The molecule has 0 bridgehead atoms. The zero-order valence-corrected chi connectivity index (χ0v) is 11.5.